The Morgan fingerprint density at radius 3 is 2.33 bits per heavy atom. The molecule has 0 fully saturated rings. The highest BCUT2D eigenvalue weighted by Crippen LogP contribution is 2.21. The van der Waals surface area contributed by atoms with Crippen molar-refractivity contribution in [1.82, 2.24) is 0 Å². The lowest BCUT2D eigenvalue weighted by atomic mass is 10.2. The Balaban J connectivity index is 1.89. The zero-order valence-electron chi connectivity index (χ0n) is 13.2. The monoisotopic (exact) mass is 366 g/mol. The standard InChI is InChI=1S/C17H16Cl2N2O3/c1-21(2)13-6-4-12(5-7-13)20-16(22)10-24-17(23)14-8-3-11(18)9-15(14)19/h3-9H,10H2,1-2H3,(H,20,22). The van der Waals surface area contributed by atoms with Crippen LogP contribution in [0.3, 0.4) is 0 Å². The highest BCUT2D eigenvalue weighted by Gasteiger charge is 2.14. The number of ether oxygens (including phenoxy) is 1. The van der Waals surface area contributed by atoms with Gasteiger partial charge in [-0.15, -0.1) is 0 Å². The Kier molecular flexibility index (Phi) is 6.06. The highest BCUT2D eigenvalue weighted by atomic mass is 35.5. The van der Waals surface area contributed by atoms with Gasteiger partial charge >= 0.3 is 5.97 Å². The summed E-state index contributed by atoms with van der Waals surface area (Å²) in [5, 5.41) is 3.24. The normalized spacial score (nSPS) is 10.2. The molecule has 0 atom stereocenters. The molecular formula is C17H16Cl2N2O3. The van der Waals surface area contributed by atoms with Gasteiger partial charge in [-0.3, -0.25) is 4.79 Å². The van der Waals surface area contributed by atoms with Crippen molar-refractivity contribution in [3.05, 3.63) is 58.1 Å². The predicted octanol–water partition coefficient (Wildman–Crippen LogP) is 3.85. The highest BCUT2D eigenvalue weighted by molar-refractivity contribution is 6.36. The van der Waals surface area contributed by atoms with Gasteiger partial charge in [-0.25, -0.2) is 4.79 Å². The van der Waals surface area contributed by atoms with Crippen LogP contribution in [0, 0.1) is 0 Å². The molecule has 1 amide bonds. The molecule has 0 saturated carbocycles. The van der Waals surface area contributed by atoms with Crippen LogP contribution < -0.4 is 10.2 Å². The maximum absolute atomic E-state index is 11.9. The number of halogens is 2. The van der Waals surface area contributed by atoms with E-state index in [2.05, 4.69) is 5.32 Å². The molecule has 24 heavy (non-hydrogen) atoms. The second-order valence-electron chi connectivity index (χ2n) is 5.19. The van der Waals surface area contributed by atoms with Crippen LogP contribution >= 0.6 is 23.2 Å². The van der Waals surface area contributed by atoms with E-state index in [1.54, 1.807) is 12.1 Å². The smallest absolute Gasteiger partial charge is 0.340 e. The number of nitrogens with one attached hydrogen (secondary N) is 1. The van der Waals surface area contributed by atoms with E-state index in [0.29, 0.717) is 10.7 Å². The number of carbonyl (C=O) groups excluding carboxylic acids is 2. The summed E-state index contributed by atoms with van der Waals surface area (Å²) in [5.41, 5.74) is 1.78. The molecule has 7 heteroatoms. The fourth-order valence-electron chi connectivity index (χ4n) is 1.90. The Morgan fingerprint density at radius 2 is 1.75 bits per heavy atom. The number of anilines is 2. The molecule has 0 aliphatic rings. The predicted molar refractivity (Wildman–Crippen MR) is 96.1 cm³/mol. The first-order chi connectivity index (χ1) is 11.4. The third-order valence-corrected chi connectivity index (χ3v) is 3.70. The minimum atomic E-state index is -0.685. The summed E-state index contributed by atoms with van der Waals surface area (Å²) in [5.74, 6) is -1.12. The summed E-state index contributed by atoms with van der Waals surface area (Å²) in [6.07, 6.45) is 0. The molecule has 0 aromatic heterocycles. The van der Waals surface area contributed by atoms with Gasteiger partial charge in [0.1, 0.15) is 0 Å². The molecule has 2 aromatic carbocycles. The van der Waals surface area contributed by atoms with Crippen molar-refractivity contribution in [3.63, 3.8) is 0 Å². The number of rotatable bonds is 5. The molecule has 0 aliphatic heterocycles. The Labute approximate surface area is 150 Å². The molecule has 2 aromatic rings. The molecule has 0 radical (unpaired) electrons. The summed E-state index contributed by atoms with van der Waals surface area (Å²) in [4.78, 5) is 25.7. The first kappa shape index (κ1) is 18.1. The average Bonchev–Trinajstić information content (AvgIpc) is 2.53. The van der Waals surface area contributed by atoms with E-state index < -0.39 is 18.5 Å². The van der Waals surface area contributed by atoms with Crippen LogP contribution in [0.2, 0.25) is 10.0 Å². The molecule has 5 nitrogen and oxygen atoms in total. The first-order valence-electron chi connectivity index (χ1n) is 7.06. The van der Waals surface area contributed by atoms with E-state index in [-0.39, 0.29) is 10.6 Å². The van der Waals surface area contributed by atoms with Crippen molar-refractivity contribution in [2.45, 2.75) is 0 Å². The number of nitrogens with zero attached hydrogens (tertiary/aromatic N) is 1. The quantitative estimate of drug-likeness (QED) is 0.816. The van der Waals surface area contributed by atoms with Crippen LogP contribution in [0.4, 0.5) is 11.4 Å². The van der Waals surface area contributed by atoms with Crippen molar-refractivity contribution in [3.8, 4) is 0 Å². The van der Waals surface area contributed by atoms with Crippen LogP contribution in [-0.4, -0.2) is 32.6 Å². The van der Waals surface area contributed by atoms with E-state index in [1.165, 1.54) is 18.2 Å². The van der Waals surface area contributed by atoms with Gasteiger partial charge in [-0.05, 0) is 42.5 Å². The maximum Gasteiger partial charge on any atom is 0.340 e. The van der Waals surface area contributed by atoms with E-state index in [0.717, 1.165) is 5.69 Å². The van der Waals surface area contributed by atoms with Crippen molar-refractivity contribution < 1.29 is 14.3 Å². The molecule has 0 aliphatic carbocycles. The maximum atomic E-state index is 11.9. The second-order valence-corrected chi connectivity index (χ2v) is 6.03. The summed E-state index contributed by atoms with van der Waals surface area (Å²) >= 11 is 11.7. The Bertz CT molecular complexity index is 746. The van der Waals surface area contributed by atoms with Crippen molar-refractivity contribution >= 4 is 46.5 Å². The molecule has 0 spiro atoms. The lowest BCUT2D eigenvalue weighted by Gasteiger charge is -2.13. The van der Waals surface area contributed by atoms with Crippen LogP contribution in [0.25, 0.3) is 0 Å². The molecule has 0 unspecified atom stereocenters. The Hall–Kier alpha value is -2.24. The Morgan fingerprint density at radius 1 is 1.08 bits per heavy atom. The van der Waals surface area contributed by atoms with Crippen molar-refractivity contribution in [2.24, 2.45) is 0 Å². The van der Waals surface area contributed by atoms with Gasteiger partial charge in [-0.1, -0.05) is 23.2 Å². The number of hydrogen-bond donors (Lipinski definition) is 1. The third-order valence-electron chi connectivity index (χ3n) is 3.15. The topological polar surface area (TPSA) is 58.6 Å². The SMILES string of the molecule is CN(C)c1ccc(NC(=O)COC(=O)c2ccc(Cl)cc2Cl)cc1. The third kappa shape index (κ3) is 4.88. The van der Waals surface area contributed by atoms with Crippen LogP contribution in [0.5, 0.6) is 0 Å². The summed E-state index contributed by atoms with van der Waals surface area (Å²) < 4.78 is 4.96. The first-order valence-corrected chi connectivity index (χ1v) is 7.82. The molecule has 0 bridgehead atoms. The van der Waals surface area contributed by atoms with Gasteiger partial charge in [-0.2, -0.15) is 0 Å². The number of esters is 1. The van der Waals surface area contributed by atoms with Crippen molar-refractivity contribution in [1.29, 1.82) is 0 Å². The van der Waals surface area contributed by atoms with Gasteiger partial charge < -0.3 is 15.0 Å². The lowest BCUT2D eigenvalue weighted by Crippen LogP contribution is -2.21. The second kappa shape index (κ2) is 8.04. The van der Waals surface area contributed by atoms with Gasteiger partial charge in [0, 0.05) is 30.5 Å². The molecule has 2 rings (SSSR count). The molecule has 0 saturated heterocycles. The number of amides is 1. The van der Waals surface area contributed by atoms with Gasteiger partial charge in [0.15, 0.2) is 6.61 Å². The van der Waals surface area contributed by atoms with Crippen LogP contribution in [0.1, 0.15) is 10.4 Å². The summed E-state index contributed by atoms with van der Waals surface area (Å²) in [7, 11) is 3.85. The molecular weight excluding hydrogens is 351 g/mol. The largest absolute Gasteiger partial charge is 0.452 e. The number of hydrogen-bond acceptors (Lipinski definition) is 4. The minimum absolute atomic E-state index is 0.157. The fourth-order valence-corrected chi connectivity index (χ4v) is 2.39. The molecule has 0 heterocycles. The van der Waals surface area contributed by atoms with Crippen LogP contribution in [-0.2, 0) is 9.53 Å². The summed E-state index contributed by atoms with van der Waals surface area (Å²) in [6, 6.07) is 11.7. The van der Waals surface area contributed by atoms with E-state index in [9.17, 15) is 9.59 Å². The van der Waals surface area contributed by atoms with E-state index >= 15 is 0 Å². The number of carbonyl (C=O) groups is 2. The van der Waals surface area contributed by atoms with Gasteiger partial charge in [0.2, 0.25) is 0 Å². The van der Waals surface area contributed by atoms with Crippen LogP contribution in [0.15, 0.2) is 42.5 Å². The average molecular weight is 367 g/mol. The molecule has 1 N–H and O–H groups in total. The van der Waals surface area contributed by atoms with E-state index in [4.69, 9.17) is 27.9 Å². The van der Waals surface area contributed by atoms with Crippen molar-refractivity contribution in [2.75, 3.05) is 30.9 Å². The summed E-state index contributed by atoms with van der Waals surface area (Å²) in [6.45, 7) is -0.410. The minimum Gasteiger partial charge on any atom is -0.452 e. The van der Waals surface area contributed by atoms with Gasteiger partial charge in [0.05, 0.1) is 10.6 Å². The molecule has 126 valence electrons. The fraction of sp³-hybridized carbons (Fsp3) is 0.176. The number of benzene rings is 2. The van der Waals surface area contributed by atoms with Gasteiger partial charge in [0.25, 0.3) is 5.91 Å². The zero-order valence-corrected chi connectivity index (χ0v) is 14.7. The lowest BCUT2D eigenvalue weighted by molar-refractivity contribution is -0.119. The van der Waals surface area contributed by atoms with E-state index in [1.807, 2.05) is 31.1 Å². The zero-order chi connectivity index (χ0) is 17.7.